The Morgan fingerprint density at radius 1 is 1.16 bits per heavy atom. The quantitative estimate of drug-likeness (QED) is 0.894. The Morgan fingerprint density at radius 3 is 2.47 bits per heavy atom. The fraction of sp³-hybridized carbons (Fsp3) is 0.250. The Kier molecular flexibility index (Phi) is 4.53. The summed E-state index contributed by atoms with van der Waals surface area (Å²) in [5, 5.41) is 9.49. The summed E-state index contributed by atoms with van der Waals surface area (Å²) in [6.07, 6.45) is 0.671. The van der Waals surface area contributed by atoms with Gasteiger partial charge in [0, 0.05) is 5.92 Å². The molecular weight excluding hydrogens is 243 g/mol. The summed E-state index contributed by atoms with van der Waals surface area (Å²) in [6, 6.07) is 14.1. The van der Waals surface area contributed by atoms with Crippen molar-refractivity contribution in [2.45, 2.75) is 12.3 Å². The van der Waals surface area contributed by atoms with Gasteiger partial charge in [0.25, 0.3) is 0 Å². The van der Waals surface area contributed by atoms with Crippen molar-refractivity contribution < 1.29 is 14.2 Å². The first kappa shape index (κ1) is 13.6. The fourth-order valence-electron chi connectivity index (χ4n) is 2.09. The normalized spacial score (nSPS) is 12.2. The van der Waals surface area contributed by atoms with Gasteiger partial charge < -0.3 is 9.84 Å². The molecule has 1 atom stereocenters. The zero-order valence-corrected chi connectivity index (χ0v) is 10.8. The molecule has 1 N–H and O–H groups in total. The second-order valence-corrected chi connectivity index (χ2v) is 4.49. The fourth-order valence-corrected chi connectivity index (χ4v) is 2.09. The third-order valence-electron chi connectivity index (χ3n) is 3.18. The van der Waals surface area contributed by atoms with Crippen LogP contribution in [0.1, 0.15) is 17.0 Å². The predicted octanol–water partition coefficient (Wildman–Crippen LogP) is 3.15. The highest BCUT2D eigenvalue weighted by molar-refractivity contribution is 5.30. The van der Waals surface area contributed by atoms with Gasteiger partial charge in [0.05, 0.1) is 13.7 Å². The number of ether oxygens (including phenoxy) is 1. The van der Waals surface area contributed by atoms with Crippen LogP contribution in [0.25, 0.3) is 0 Å². The number of methoxy groups -OCH3 is 1. The molecule has 2 aromatic carbocycles. The Morgan fingerprint density at radius 2 is 1.89 bits per heavy atom. The Hall–Kier alpha value is -1.87. The number of benzene rings is 2. The van der Waals surface area contributed by atoms with Crippen LogP contribution in [0.5, 0.6) is 5.75 Å². The number of hydrogen-bond acceptors (Lipinski definition) is 2. The van der Waals surface area contributed by atoms with Gasteiger partial charge in [0.15, 0.2) is 0 Å². The van der Waals surface area contributed by atoms with Crippen LogP contribution in [-0.2, 0) is 6.42 Å². The summed E-state index contributed by atoms with van der Waals surface area (Å²) in [7, 11) is 1.62. The molecule has 2 aromatic rings. The highest BCUT2D eigenvalue weighted by Gasteiger charge is 2.12. The smallest absolute Gasteiger partial charge is 0.123 e. The summed E-state index contributed by atoms with van der Waals surface area (Å²) in [5.41, 5.74) is 1.91. The molecule has 0 aliphatic rings. The number of aliphatic hydroxyl groups excluding tert-OH is 1. The Balaban J connectivity index is 2.14. The van der Waals surface area contributed by atoms with Crippen LogP contribution in [-0.4, -0.2) is 18.8 Å². The summed E-state index contributed by atoms with van der Waals surface area (Å²) >= 11 is 0. The molecule has 0 aromatic heterocycles. The molecule has 0 radical (unpaired) electrons. The standard InChI is InChI=1S/C16H17FO2/c1-19-16-7-5-12(6-8-16)9-14(11-18)13-3-2-4-15(17)10-13/h2-8,10,14,18H,9,11H2,1H3. The van der Waals surface area contributed by atoms with Gasteiger partial charge in [0.1, 0.15) is 11.6 Å². The first-order valence-corrected chi connectivity index (χ1v) is 6.22. The molecule has 19 heavy (non-hydrogen) atoms. The molecule has 2 rings (SSSR count). The van der Waals surface area contributed by atoms with Gasteiger partial charge in [-0.2, -0.15) is 0 Å². The van der Waals surface area contributed by atoms with Crippen LogP contribution in [0.2, 0.25) is 0 Å². The lowest BCUT2D eigenvalue weighted by Gasteiger charge is -2.15. The Labute approximate surface area is 112 Å². The second-order valence-electron chi connectivity index (χ2n) is 4.49. The largest absolute Gasteiger partial charge is 0.497 e. The minimum Gasteiger partial charge on any atom is -0.497 e. The van der Waals surface area contributed by atoms with E-state index in [1.54, 1.807) is 13.2 Å². The highest BCUT2D eigenvalue weighted by Crippen LogP contribution is 2.22. The lowest BCUT2D eigenvalue weighted by molar-refractivity contribution is 0.264. The van der Waals surface area contributed by atoms with Crippen molar-refractivity contribution in [2.24, 2.45) is 0 Å². The second kappa shape index (κ2) is 6.34. The molecule has 3 heteroatoms. The molecule has 0 heterocycles. The topological polar surface area (TPSA) is 29.5 Å². The minimum atomic E-state index is -0.273. The maximum Gasteiger partial charge on any atom is 0.123 e. The SMILES string of the molecule is COc1ccc(CC(CO)c2cccc(F)c2)cc1. The van der Waals surface area contributed by atoms with Crippen LogP contribution in [0.4, 0.5) is 4.39 Å². The van der Waals surface area contributed by atoms with Gasteiger partial charge in [-0.25, -0.2) is 4.39 Å². The van der Waals surface area contributed by atoms with Gasteiger partial charge in [-0.05, 0) is 41.8 Å². The van der Waals surface area contributed by atoms with Gasteiger partial charge in [-0.1, -0.05) is 24.3 Å². The Bertz CT molecular complexity index is 523. The van der Waals surface area contributed by atoms with Gasteiger partial charge >= 0.3 is 0 Å². The monoisotopic (exact) mass is 260 g/mol. The van der Waals surface area contributed by atoms with Crippen LogP contribution in [0, 0.1) is 5.82 Å². The molecule has 0 fully saturated rings. The van der Waals surface area contributed by atoms with E-state index in [2.05, 4.69) is 0 Å². The van der Waals surface area contributed by atoms with E-state index in [1.165, 1.54) is 12.1 Å². The number of halogens is 1. The average molecular weight is 260 g/mol. The minimum absolute atomic E-state index is 0.00448. The number of aliphatic hydroxyl groups is 1. The van der Waals surface area contributed by atoms with E-state index in [4.69, 9.17) is 4.74 Å². The molecule has 0 aliphatic heterocycles. The molecule has 0 spiro atoms. The van der Waals surface area contributed by atoms with E-state index in [-0.39, 0.29) is 18.3 Å². The maximum atomic E-state index is 13.2. The van der Waals surface area contributed by atoms with Crippen molar-refractivity contribution in [2.75, 3.05) is 13.7 Å². The van der Waals surface area contributed by atoms with E-state index < -0.39 is 0 Å². The lowest BCUT2D eigenvalue weighted by atomic mass is 9.92. The van der Waals surface area contributed by atoms with E-state index >= 15 is 0 Å². The molecule has 0 saturated carbocycles. The molecule has 100 valence electrons. The van der Waals surface area contributed by atoms with Crippen molar-refractivity contribution in [3.8, 4) is 5.75 Å². The van der Waals surface area contributed by atoms with Crippen LogP contribution in [0.15, 0.2) is 48.5 Å². The lowest BCUT2D eigenvalue weighted by Crippen LogP contribution is -2.08. The van der Waals surface area contributed by atoms with Crippen LogP contribution >= 0.6 is 0 Å². The molecule has 0 saturated heterocycles. The highest BCUT2D eigenvalue weighted by atomic mass is 19.1. The van der Waals surface area contributed by atoms with Gasteiger partial charge in [-0.3, -0.25) is 0 Å². The molecule has 1 unspecified atom stereocenters. The summed E-state index contributed by atoms with van der Waals surface area (Å²) < 4.78 is 18.3. The first-order chi connectivity index (χ1) is 9.22. The zero-order chi connectivity index (χ0) is 13.7. The van der Waals surface area contributed by atoms with E-state index in [0.29, 0.717) is 6.42 Å². The van der Waals surface area contributed by atoms with Crippen molar-refractivity contribution in [3.05, 3.63) is 65.5 Å². The third-order valence-corrected chi connectivity index (χ3v) is 3.18. The van der Waals surface area contributed by atoms with Crippen molar-refractivity contribution >= 4 is 0 Å². The molecule has 0 amide bonds. The van der Waals surface area contributed by atoms with Crippen LogP contribution in [0.3, 0.4) is 0 Å². The number of rotatable bonds is 5. The number of hydrogen-bond donors (Lipinski definition) is 1. The third kappa shape index (κ3) is 3.55. The van der Waals surface area contributed by atoms with Crippen molar-refractivity contribution in [1.82, 2.24) is 0 Å². The van der Waals surface area contributed by atoms with Crippen molar-refractivity contribution in [1.29, 1.82) is 0 Å². The van der Waals surface area contributed by atoms with E-state index in [1.807, 2.05) is 30.3 Å². The summed E-state index contributed by atoms with van der Waals surface area (Å²) in [6.45, 7) is -0.00448. The van der Waals surface area contributed by atoms with E-state index in [9.17, 15) is 9.50 Å². The van der Waals surface area contributed by atoms with Gasteiger partial charge in [0.2, 0.25) is 0 Å². The van der Waals surface area contributed by atoms with Crippen LogP contribution < -0.4 is 4.74 Å². The molecule has 0 aliphatic carbocycles. The average Bonchev–Trinajstić information content (AvgIpc) is 2.45. The summed E-state index contributed by atoms with van der Waals surface area (Å²) in [4.78, 5) is 0. The van der Waals surface area contributed by atoms with Crippen molar-refractivity contribution in [3.63, 3.8) is 0 Å². The zero-order valence-electron chi connectivity index (χ0n) is 10.8. The van der Waals surface area contributed by atoms with Gasteiger partial charge in [-0.15, -0.1) is 0 Å². The molecule has 2 nitrogen and oxygen atoms in total. The van der Waals surface area contributed by atoms with E-state index in [0.717, 1.165) is 16.9 Å². The molecular formula is C16H17FO2. The summed E-state index contributed by atoms with van der Waals surface area (Å²) in [5.74, 6) is 0.435. The molecule has 0 bridgehead atoms. The maximum absolute atomic E-state index is 13.2. The first-order valence-electron chi connectivity index (χ1n) is 6.22. The predicted molar refractivity (Wildman–Crippen MR) is 72.9 cm³/mol.